The van der Waals surface area contributed by atoms with E-state index in [9.17, 15) is 4.79 Å². The minimum absolute atomic E-state index is 0.197. The first-order valence-corrected chi connectivity index (χ1v) is 5.19. The van der Waals surface area contributed by atoms with Gasteiger partial charge >= 0.3 is 0 Å². The maximum atomic E-state index is 10.8. The molecule has 1 unspecified atom stereocenters. The van der Waals surface area contributed by atoms with Crippen molar-refractivity contribution in [3.8, 4) is 0 Å². The molecular formula is C12H20O. The molecule has 74 valence electrons. The molecular weight excluding hydrogens is 160 g/mol. The zero-order chi connectivity index (χ0) is 10.0. The highest BCUT2D eigenvalue weighted by Crippen LogP contribution is 2.41. The third-order valence-corrected chi connectivity index (χ3v) is 3.31. The Bertz CT molecular complexity index is 223. The summed E-state index contributed by atoms with van der Waals surface area (Å²) in [6.45, 7) is 8.64. The topological polar surface area (TPSA) is 17.1 Å². The van der Waals surface area contributed by atoms with Gasteiger partial charge in [-0.2, -0.15) is 0 Å². The molecule has 1 fully saturated rings. The second-order valence-corrected chi connectivity index (χ2v) is 4.56. The Morgan fingerprint density at radius 2 is 2.15 bits per heavy atom. The minimum atomic E-state index is 0.197. The Labute approximate surface area is 81.2 Å². The molecule has 1 rings (SSSR count). The van der Waals surface area contributed by atoms with Crippen LogP contribution in [0.15, 0.2) is 11.1 Å². The third kappa shape index (κ3) is 2.01. The van der Waals surface area contributed by atoms with Gasteiger partial charge in [-0.3, -0.25) is 0 Å². The lowest BCUT2D eigenvalue weighted by Gasteiger charge is -2.21. The van der Waals surface area contributed by atoms with E-state index in [1.54, 1.807) is 0 Å². The van der Waals surface area contributed by atoms with Crippen LogP contribution in [-0.4, -0.2) is 6.29 Å². The number of rotatable bonds is 2. The summed E-state index contributed by atoms with van der Waals surface area (Å²) in [4.78, 5) is 10.8. The first-order valence-electron chi connectivity index (χ1n) is 5.19. The van der Waals surface area contributed by atoms with Crippen molar-refractivity contribution < 1.29 is 4.79 Å². The van der Waals surface area contributed by atoms with Crippen molar-refractivity contribution in [3.05, 3.63) is 11.1 Å². The highest BCUT2D eigenvalue weighted by molar-refractivity contribution is 5.55. The number of aldehydes is 1. The Kier molecular flexibility index (Phi) is 3.29. The van der Waals surface area contributed by atoms with Crippen LogP contribution in [0.4, 0.5) is 0 Å². The predicted molar refractivity (Wildman–Crippen MR) is 55.5 cm³/mol. The van der Waals surface area contributed by atoms with E-state index < -0.39 is 0 Å². The van der Waals surface area contributed by atoms with E-state index in [1.807, 2.05) is 6.92 Å². The van der Waals surface area contributed by atoms with Crippen LogP contribution in [0, 0.1) is 17.8 Å². The van der Waals surface area contributed by atoms with Crippen molar-refractivity contribution in [1.82, 2.24) is 0 Å². The molecule has 1 nitrogen and oxygen atoms in total. The van der Waals surface area contributed by atoms with Gasteiger partial charge in [-0.1, -0.05) is 25.0 Å². The summed E-state index contributed by atoms with van der Waals surface area (Å²) >= 11 is 0. The van der Waals surface area contributed by atoms with Crippen molar-refractivity contribution in [2.45, 2.75) is 40.5 Å². The van der Waals surface area contributed by atoms with Gasteiger partial charge in [0, 0.05) is 5.92 Å². The van der Waals surface area contributed by atoms with Gasteiger partial charge in [0.2, 0.25) is 0 Å². The van der Waals surface area contributed by atoms with Gasteiger partial charge in [-0.15, -0.1) is 0 Å². The number of carbonyl (C=O) groups is 1. The lowest BCUT2D eigenvalue weighted by atomic mass is 9.83. The number of carbonyl (C=O) groups excluding carboxylic acids is 1. The van der Waals surface area contributed by atoms with Crippen molar-refractivity contribution in [3.63, 3.8) is 0 Å². The van der Waals surface area contributed by atoms with E-state index >= 15 is 0 Å². The fraction of sp³-hybridized carbons (Fsp3) is 0.750. The summed E-state index contributed by atoms with van der Waals surface area (Å²) in [5.74, 6) is 1.40. The molecule has 0 aromatic rings. The van der Waals surface area contributed by atoms with Crippen LogP contribution < -0.4 is 0 Å². The van der Waals surface area contributed by atoms with Crippen molar-refractivity contribution in [1.29, 1.82) is 0 Å². The monoisotopic (exact) mass is 180 g/mol. The molecule has 0 N–H and O–H groups in total. The average molecular weight is 180 g/mol. The molecule has 0 saturated heterocycles. The molecule has 1 saturated carbocycles. The Balaban J connectivity index is 2.90. The molecule has 0 amide bonds. The van der Waals surface area contributed by atoms with Crippen molar-refractivity contribution in [2.75, 3.05) is 0 Å². The fourth-order valence-electron chi connectivity index (χ4n) is 2.58. The second kappa shape index (κ2) is 4.08. The van der Waals surface area contributed by atoms with E-state index in [0.29, 0.717) is 11.8 Å². The molecule has 1 heteroatoms. The smallest absolute Gasteiger partial charge is 0.123 e. The Hall–Kier alpha value is -0.590. The standard InChI is InChI=1S/C12H20O/c1-8(2)11-6-5-9(3)12(11)10(4)7-13/h7,9-10,12H,5-6H2,1-4H3/t9-,10?,12-/m0/s1. The summed E-state index contributed by atoms with van der Waals surface area (Å²) in [5, 5.41) is 0. The van der Waals surface area contributed by atoms with Gasteiger partial charge in [0.1, 0.15) is 6.29 Å². The first kappa shape index (κ1) is 10.5. The third-order valence-electron chi connectivity index (χ3n) is 3.31. The van der Waals surface area contributed by atoms with Crippen LogP contribution in [0.3, 0.4) is 0 Å². The molecule has 0 radical (unpaired) electrons. The quantitative estimate of drug-likeness (QED) is 0.471. The van der Waals surface area contributed by atoms with Gasteiger partial charge in [-0.05, 0) is 38.5 Å². The number of hydrogen-bond donors (Lipinski definition) is 0. The van der Waals surface area contributed by atoms with Crippen LogP contribution in [0.2, 0.25) is 0 Å². The molecule has 0 aliphatic heterocycles. The predicted octanol–water partition coefficient (Wildman–Crippen LogP) is 3.20. The van der Waals surface area contributed by atoms with Crippen LogP contribution in [0.1, 0.15) is 40.5 Å². The van der Waals surface area contributed by atoms with Gasteiger partial charge in [0.25, 0.3) is 0 Å². The van der Waals surface area contributed by atoms with Gasteiger partial charge < -0.3 is 4.79 Å². The molecule has 0 aromatic heterocycles. The molecule has 3 atom stereocenters. The van der Waals surface area contributed by atoms with Crippen LogP contribution in [-0.2, 0) is 4.79 Å². The summed E-state index contributed by atoms with van der Waals surface area (Å²) in [5.41, 5.74) is 2.95. The van der Waals surface area contributed by atoms with Crippen LogP contribution in [0.25, 0.3) is 0 Å². The van der Waals surface area contributed by atoms with Gasteiger partial charge in [0.05, 0.1) is 0 Å². The molecule has 13 heavy (non-hydrogen) atoms. The van der Waals surface area contributed by atoms with Gasteiger partial charge in [0.15, 0.2) is 0 Å². The molecule has 0 aromatic carbocycles. The van der Waals surface area contributed by atoms with E-state index in [2.05, 4.69) is 20.8 Å². The second-order valence-electron chi connectivity index (χ2n) is 4.56. The first-order chi connectivity index (χ1) is 6.07. The van der Waals surface area contributed by atoms with Crippen molar-refractivity contribution >= 4 is 6.29 Å². The van der Waals surface area contributed by atoms with Crippen LogP contribution in [0.5, 0.6) is 0 Å². The highest BCUT2D eigenvalue weighted by atomic mass is 16.1. The lowest BCUT2D eigenvalue weighted by molar-refractivity contribution is -0.111. The average Bonchev–Trinajstić information content (AvgIpc) is 2.46. The minimum Gasteiger partial charge on any atom is -0.303 e. The molecule has 0 bridgehead atoms. The van der Waals surface area contributed by atoms with Crippen molar-refractivity contribution in [2.24, 2.45) is 17.8 Å². The lowest BCUT2D eigenvalue weighted by Crippen LogP contribution is -2.17. The SMILES string of the molecule is CC(C)=C1CC[C@H](C)[C@H]1C(C)C=O. The zero-order valence-corrected chi connectivity index (χ0v) is 9.13. The number of hydrogen-bond acceptors (Lipinski definition) is 1. The fourth-order valence-corrected chi connectivity index (χ4v) is 2.58. The van der Waals surface area contributed by atoms with E-state index in [0.717, 1.165) is 6.29 Å². The molecule has 1 aliphatic rings. The summed E-state index contributed by atoms with van der Waals surface area (Å²) in [6, 6.07) is 0. The van der Waals surface area contributed by atoms with Crippen LogP contribution >= 0.6 is 0 Å². The zero-order valence-electron chi connectivity index (χ0n) is 9.13. The largest absolute Gasteiger partial charge is 0.303 e. The van der Waals surface area contributed by atoms with E-state index in [-0.39, 0.29) is 5.92 Å². The Morgan fingerprint density at radius 1 is 1.54 bits per heavy atom. The molecule has 0 spiro atoms. The maximum Gasteiger partial charge on any atom is 0.123 e. The number of allylic oxidation sites excluding steroid dienone is 2. The van der Waals surface area contributed by atoms with Gasteiger partial charge in [-0.25, -0.2) is 0 Å². The van der Waals surface area contributed by atoms with E-state index in [4.69, 9.17) is 0 Å². The molecule has 0 heterocycles. The maximum absolute atomic E-state index is 10.8. The summed E-state index contributed by atoms with van der Waals surface area (Å²) in [6.07, 6.45) is 3.56. The Morgan fingerprint density at radius 3 is 2.62 bits per heavy atom. The molecule has 1 aliphatic carbocycles. The van der Waals surface area contributed by atoms with E-state index in [1.165, 1.54) is 24.0 Å². The normalized spacial score (nSPS) is 30.3. The summed E-state index contributed by atoms with van der Waals surface area (Å²) in [7, 11) is 0. The summed E-state index contributed by atoms with van der Waals surface area (Å²) < 4.78 is 0. The highest BCUT2D eigenvalue weighted by Gasteiger charge is 2.32.